The van der Waals surface area contributed by atoms with Gasteiger partial charge in [0.1, 0.15) is 0 Å². The zero-order chi connectivity index (χ0) is 16.5. The minimum atomic E-state index is -0.924. The molecule has 22 heavy (non-hydrogen) atoms. The fraction of sp³-hybridized carbons (Fsp3) is 0.529. The monoisotopic (exact) mass is 307 g/mol. The molecule has 0 saturated carbocycles. The molecule has 0 aromatic heterocycles. The summed E-state index contributed by atoms with van der Waals surface area (Å²) in [7, 11) is 0. The van der Waals surface area contributed by atoms with Crippen LogP contribution < -0.4 is 5.32 Å². The van der Waals surface area contributed by atoms with Crippen LogP contribution in [0.2, 0.25) is 0 Å². The fourth-order valence-electron chi connectivity index (χ4n) is 2.26. The number of para-hydroxylation sites is 1. The molecule has 5 nitrogen and oxygen atoms in total. The van der Waals surface area contributed by atoms with Crippen molar-refractivity contribution in [1.82, 2.24) is 0 Å². The van der Waals surface area contributed by atoms with Crippen molar-refractivity contribution < 1.29 is 19.4 Å². The molecule has 0 aliphatic heterocycles. The fourth-order valence-corrected chi connectivity index (χ4v) is 2.26. The van der Waals surface area contributed by atoms with Gasteiger partial charge in [0.25, 0.3) is 0 Å². The SMILES string of the molecule is CC(C)CC(C)OCCC(=O)Nc1ccccc1CC(=O)O. The number of carbonyl (C=O) groups is 2. The van der Waals surface area contributed by atoms with Crippen LogP contribution in [0.25, 0.3) is 0 Å². The van der Waals surface area contributed by atoms with Gasteiger partial charge in [-0.3, -0.25) is 9.59 Å². The first kappa shape index (κ1) is 18.2. The number of hydrogen-bond acceptors (Lipinski definition) is 3. The molecule has 0 radical (unpaired) electrons. The Labute approximate surface area is 131 Å². The van der Waals surface area contributed by atoms with Crippen molar-refractivity contribution in [2.45, 2.75) is 46.1 Å². The van der Waals surface area contributed by atoms with Crippen LogP contribution >= 0.6 is 0 Å². The van der Waals surface area contributed by atoms with Gasteiger partial charge in [0.05, 0.1) is 25.6 Å². The average molecular weight is 307 g/mol. The van der Waals surface area contributed by atoms with Crippen molar-refractivity contribution in [1.29, 1.82) is 0 Å². The third-order valence-corrected chi connectivity index (χ3v) is 3.17. The van der Waals surface area contributed by atoms with E-state index in [-0.39, 0.29) is 24.9 Å². The summed E-state index contributed by atoms with van der Waals surface area (Å²) < 4.78 is 5.60. The highest BCUT2D eigenvalue weighted by atomic mass is 16.5. The van der Waals surface area contributed by atoms with Crippen molar-refractivity contribution in [2.75, 3.05) is 11.9 Å². The first-order valence-corrected chi connectivity index (χ1v) is 7.59. The third-order valence-electron chi connectivity index (χ3n) is 3.17. The number of amides is 1. The van der Waals surface area contributed by atoms with Crippen molar-refractivity contribution in [3.05, 3.63) is 29.8 Å². The Bertz CT molecular complexity index is 499. The maximum absolute atomic E-state index is 11.9. The van der Waals surface area contributed by atoms with E-state index < -0.39 is 5.97 Å². The van der Waals surface area contributed by atoms with E-state index >= 15 is 0 Å². The first-order valence-electron chi connectivity index (χ1n) is 7.59. The van der Waals surface area contributed by atoms with Gasteiger partial charge in [-0.2, -0.15) is 0 Å². The Morgan fingerprint density at radius 2 is 1.91 bits per heavy atom. The van der Waals surface area contributed by atoms with E-state index in [4.69, 9.17) is 9.84 Å². The molecule has 1 aromatic carbocycles. The maximum Gasteiger partial charge on any atom is 0.307 e. The summed E-state index contributed by atoms with van der Waals surface area (Å²) in [6.07, 6.45) is 1.23. The van der Waals surface area contributed by atoms with Crippen LogP contribution in [0.4, 0.5) is 5.69 Å². The largest absolute Gasteiger partial charge is 0.481 e. The number of carboxylic acid groups (broad SMARTS) is 1. The summed E-state index contributed by atoms with van der Waals surface area (Å²) in [5.74, 6) is -0.533. The number of aliphatic carboxylic acids is 1. The summed E-state index contributed by atoms with van der Waals surface area (Å²) in [4.78, 5) is 22.7. The molecule has 1 amide bonds. The summed E-state index contributed by atoms with van der Waals surface area (Å²) in [5, 5.41) is 11.6. The van der Waals surface area contributed by atoms with Crippen LogP contribution in [-0.2, 0) is 20.7 Å². The van der Waals surface area contributed by atoms with Crippen molar-refractivity contribution in [2.24, 2.45) is 5.92 Å². The van der Waals surface area contributed by atoms with Crippen molar-refractivity contribution >= 4 is 17.6 Å². The highest BCUT2D eigenvalue weighted by molar-refractivity contribution is 5.92. The molecule has 0 aliphatic carbocycles. The minimum Gasteiger partial charge on any atom is -0.481 e. The van der Waals surface area contributed by atoms with Crippen LogP contribution in [0.3, 0.4) is 0 Å². The van der Waals surface area contributed by atoms with Crippen molar-refractivity contribution in [3.63, 3.8) is 0 Å². The molecule has 0 fully saturated rings. The van der Waals surface area contributed by atoms with Crippen LogP contribution in [0.1, 0.15) is 39.2 Å². The topological polar surface area (TPSA) is 75.6 Å². The molecule has 1 unspecified atom stereocenters. The Balaban J connectivity index is 2.44. The molecule has 1 atom stereocenters. The normalized spacial score (nSPS) is 12.2. The average Bonchev–Trinajstić information content (AvgIpc) is 2.39. The predicted molar refractivity (Wildman–Crippen MR) is 85.9 cm³/mol. The second kappa shape index (κ2) is 9.20. The van der Waals surface area contributed by atoms with Crippen LogP contribution in [0, 0.1) is 5.92 Å². The van der Waals surface area contributed by atoms with Gasteiger partial charge >= 0.3 is 5.97 Å². The molecule has 0 heterocycles. The number of ether oxygens (including phenoxy) is 1. The molecule has 2 N–H and O–H groups in total. The molecule has 1 rings (SSSR count). The predicted octanol–water partition coefficient (Wildman–Crippen LogP) is 3.09. The lowest BCUT2D eigenvalue weighted by Gasteiger charge is -2.15. The zero-order valence-corrected chi connectivity index (χ0v) is 13.5. The van der Waals surface area contributed by atoms with Gasteiger partial charge < -0.3 is 15.2 Å². The summed E-state index contributed by atoms with van der Waals surface area (Å²) in [5.41, 5.74) is 1.14. The molecule has 1 aromatic rings. The van der Waals surface area contributed by atoms with E-state index in [1.807, 2.05) is 6.92 Å². The lowest BCUT2D eigenvalue weighted by atomic mass is 10.1. The second-order valence-corrected chi connectivity index (χ2v) is 5.84. The molecule has 5 heteroatoms. The molecular formula is C17H25NO4. The van der Waals surface area contributed by atoms with Gasteiger partial charge in [-0.1, -0.05) is 32.0 Å². The standard InChI is InChI=1S/C17H25NO4/c1-12(2)10-13(3)22-9-8-16(19)18-15-7-5-4-6-14(15)11-17(20)21/h4-7,12-13H,8-11H2,1-3H3,(H,18,19)(H,20,21). The number of carboxylic acids is 1. The van der Waals surface area contributed by atoms with E-state index in [9.17, 15) is 9.59 Å². The first-order chi connectivity index (χ1) is 10.4. The van der Waals surface area contributed by atoms with Gasteiger partial charge in [0.2, 0.25) is 5.91 Å². The highest BCUT2D eigenvalue weighted by Crippen LogP contribution is 2.16. The molecule has 0 aliphatic rings. The van der Waals surface area contributed by atoms with Gasteiger partial charge in [-0.15, -0.1) is 0 Å². The molecule has 0 bridgehead atoms. The number of carbonyl (C=O) groups excluding carboxylic acids is 1. The second-order valence-electron chi connectivity index (χ2n) is 5.84. The number of nitrogens with one attached hydrogen (secondary N) is 1. The molecule has 0 saturated heterocycles. The molecular weight excluding hydrogens is 282 g/mol. The smallest absolute Gasteiger partial charge is 0.307 e. The summed E-state index contributed by atoms with van der Waals surface area (Å²) in [6, 6.07) is 6.93. The number of anilines is 1. The van der Waals surface area contributed by atoms with E-state index in [0.29, 0.717) is 23.8 Å². The van der Waals surface area contributed by atoms with Gasteiger partial charge in [0.15, 0.2) is 0 Å². The summed E-state index contributed by atoms with van der Waals surface area (Å²) >= 11 is 0. The number of hydrogen-bond donors (Lipinski definition) is 2. The van der Waals surface area contributed by atoms with Crippen LogP contribution in [0.15, 0.2) is 24.3 Å². The molecule has 0 spiro atoms. The lowest BCUT2D eigenvalue weighted by molar-refractivity contribution is -0.136. The Morgan fingerprint density at radius 3 is 2.55 bits per heavy atom. The molecule has 122 valence electrons. The van der Waals surface area contributed by atoms with Gasteiger partial charge in [-0.25, -0.2) is 0 Å². The highest BCUT2D eigenvalue weighted by Gasteiger charge is 2.10. The van der Waals surface area contributed by atoms with E-state index in [0.717, 1.165) is 6.42 Å². The zero-order valence-electron chi connectivity index (χ0n) is 13.5. The Morgan fingerprint density at radius 1 is 1.23 bits per heavy atom. The van der Waals surface area contributed by atoms with Gasteiger partial charge in [0, 0.05) is 5.69 Å². The maximum atomic E-state index is 11.9. The van der Waals surface area contributed by atoms with Crippen LogP contribution in [0.5, 0.6) is 0 Å². The lowest BCUT2D eigenvalue weighted by Crippen LogP contribution is -2.19. The number of rotatable bonds is 9. The quantitative estimate of drug-likeness (QED) is 0.735. The van der Waals surface area contributed by atoms with Crippen LogP contribution in [-0.4, -0.2) is 29.7 Å². The van der Waals surface area contributed by atoms with E-state index in [1.165, 1.54) is 0 Å². The van der Waals surface area contributed by atoms with E-state index in [2.05, 4.69) is 19.2 Å². The number of benzene rings is 1. The van der Waals surface area contributed by atoms with Gasteiger partial charge in [-0.05, 0) is 30.9 Å². The third kappa shape index (κ3) is 7.22. The Hall–Kier alpha value is -1.88. The summed E-state index contributed by atoms with van der Waals surface area (Å²) in [6.45, 7) is 6.62. The van der Waals surface area contributed by atoms with Crippen molar-refractivity contribution in [3.8, 4) is 0 Å². The Kier molecular flexibility index (Phi) is 7.60. The minimum absolute atomic E-state index is 0.113. The van der Waals surface area contributed by atoms with E-state index in [1.54, 1.807) is 24.3 Å².